The molecule has 0 aliphatic rings. The zero-order chi connectivity index (χ0) is 20.5. The molecule has 25 heavy (non-hydrogen) atoms. The Balaban J connectivity index is 2.06. The van der Waals surface area contributed by atoms with Gasteiger partial charge in [-0.05, 0) is 41.6 Å². The van der Waals surface area contributed by atoms with Crippen molar-refractivity contribution in [1.29, 1.82) is 0 Å². The van der Waals surface area contributed by atoms with Gasteiger partial charge in [-0.2, -0.15) is 13.2 Å². The van der Waals surface area contributed by atoms with Gasteiger partial charge in [-0.15, -0.1) is 0 Å². The first-order chi connectivity index (χ1) is 13.1. The quantitative estimate of drug-likeness (QED) is 0.732. The van der Waals surface area contributed by atoms with E-state index in [1.54, 1.807) is 24.3 Å². The Bertz CT molecular complexity index is 1060. The zero-order valence-electron chi connectivity index (χ0n) is 16.0. The molecule has 0 amide bonds. The van der Waals surface area contributed by atoms with Gasteiger partial charge in [0.15, 0.2) is 0 Å². The maximum absolute atomic E-state index is 12.3. The maximum atomic E-state index is 12.3. The summed E-state index contributed by atoms with van der Waals surface area (Å²) < 4.78 is 65.1. The number of rotatable bonds is 4. The summed E-state index contributed by atoms with van der Waals surface area (Å²) in [5, 5.41) is 0.672. The van der Waals surface area contributed by atoms with Crippen LogP contribution in [0.15, 0.2) is 53.5 Å². The minimum Gasteiger partial charge on any atom is -0.493 e. The number of fused-ring (bicyclic) bond motifs is 1. The fraction of sp³-hybridized carbons (Fsp3) is 0.211. The number of alkyl halides is 3. The number of H-pyrrole nitrogens is 1. The highest BCUT2D eigenvalue weighted by Crippen LogP contribution is 2.30. The highest BCUT2D eigenvalue weighted by atomic mass is 19.4. The van der Waals surface area contributed by atoms with Crippen LogP contribution < -0.4 is 10.3 Å². The van der Waals surface area contributed by atoms with Crippen molar-refractivity contribution in [3.05, 3.63) is 64.6 Å². The average Bonchev–Trinajstić information content (AvgIpc) is 2.61. The van der Waals surface area contributed by atoms with Crippen molar-refractivity contribution in [1.82, 2.24) is 4.98 Å². The third kappa shape index (κ3) is 3.84. The van der Waals surface area contributed by atoms with Crippen molar-refractivity contribution < 1.29 is 22.0 Å². The second-order valence-corrected chi connectivity index (χ2v) is 5.50. The monoisotopic (exact) mass is 350 g/mol. The topological polar surface area (TPSA) is 42.1 Å². The van der Waals surface area contributed by atoms with Gasteiger partial charge in [0.1, 0.15) is 5.75 Å². The molecular weight excluding hydrogens is 331 g/mol. The van der Waals surface area contributed by atoms with E-state index in [2.05, 4.69) is 4.98 Å². The Morgan fingerprint density at radius 2 is 1.92 bits per heavy atom. The smallest absolute Gasteiger partial charge is 0.392 e. The Morgan fingerprint density at radius 3 is 2.68 bits per heavy atom. The zero-order valence-corrected chi connectivity index (χ0v) is 13.0. The lowest BCUT2D eigenvalue weighted by molar-refractivity contribution is -0.139. The van der Waals surface area contributed by atoms with Gasteiger partial charge in [0.25, 0.3) is 5.56 Å². The van der Waals surface area contributed by atoms with E-state index in [1.807, 2.05) is 0 Å². The second kappa shape index (κ2) is 6.63. The summed E-state index contributed by atoms with van der Waals surface area (Å²) in [6.07, 6.45) is -4.01. The average molecular weight is 350 g/mol. The van der Waals surface area contributed by atoms with Crippen molar-refractivity contribution in [2.75, 3.05) is 6.61 Å². The van der Waals surface area contributed by atoms with Crippen LogP contribution in [0.2, 0.25) is 0 Å². The molecule has 2 aromatic carbocycles. The Hall–Kier alpha value is -2.76. The Labute approximate surface area is 146 Å². The molecule has 0 radical (unpaired) electrons. The molecule has 1 heterocycles. The molecule has 3 rings (SSSR count). The van der Waals surface area contributed by atoms with Crippen LogP contribution in [0.3, 0.4) is 0 Å². The summed E-state index contributed by atoms with van der Waals surface area (Å²) in [6.45, 7) is -2.91. The summed E-state index contributed by atoms with van der Waals surface area (Å²) in [5.74, 6) is 0.128. The molecule has 0 unspecified atom stereocenters. The predicted molar refractivity (Wildman–Crippen MR) is 90.9 cm³/mol. The Morgan fingerprint density at radius 1 is 1.12 bits per heavy atom. The maximum Gasteiger partial charge on any atom is 0.392 e. The number of benzene rings is 2. The number of ether oxygens (including phenoxy) is 1. The molecule has 0 saturated carbocycles. The fourth-order valence-electron chi connectivity index (χ4n) is 2.55. The molecule has 0 atom stereocenters. The van der Waals surface area contributed by atoms with E-state index in [0.717, 1.165) is 0 Å². The number of hydrogen-bond acceptors (Lipinski definition) is 2. The lowest BCUT2D eigenvalue weighted by Gasteiger charge is -2.12. The van der Waals surface area contributed by atoms with Gasteiger partial charge in [-0.25, -0.2) is 0 Å². The van der Waals surface area contributed by atoms with Crippen LogP contribution in [-0.4, -0.2) is 17.8 Å². The summed E-state index contributed by atoms with van der Waals surface area (Å²) >= 11 is 0. The predicted octanol–water partition coefficient (Wildman–Crippen LogP) is 4.83. The van der Waals surface area contributed by atoms with Gasteiger partial charge in [0.2, 0.25) is 0 Å². The molecule has 1 aromatic heterocycles. The van der Waals surface area contributed by atoms with Crippen LogP contribution in [-0.2, 0) is 0 Å². The molecule has 0 fully saturated rings. The number of hydrogen-bond donors (Lipinski definition) is 1. The number of aryl methyl sites for hydroxylation is 1. The normalized spacial score (nSPS) is 14.0. The van der Waals surface area contributed by atoms with Crippen LogP contribution in [0.1, 0.15) is 16.1 Å². The van der Waals surface area contributed by atoms with Crippen molar-refractivity contribution in [3.8, 4) is 16.9 Å². The van der Waals surface area contributed by atoms with E-state index in [4.69, 9.17) is 8.85 Å². The molecule has 0 aliphatic heterocycles. The standard InChI is InChI=1S/C19H16F3NO2/c1-12-4-2-3-5-14(12)17-11-23-18(24)16-10-13(6-7-15(16)17)25-9-8-19(20,21)22/h2-7,10-11H,8-9H2,1H3,(H,23,24)/i1D3. The lowest BCUT2D eigenvalue weighted by atomic mass is 9.97. The molecule has 0 bridgehead atoms. The van der Waals surface area contributed by atoms with Crippen molar-refractivity contribution in [2.24, 2.45) is 0 Å². The number of halogens is 3. The minimum absolute atomic E-state index is 0.128. The van der Waals surface area contributed by atoms with Crippen molar-refractivity contribution in [2.45, 2.75) is 19.4 Å². The van der Waals surface area contributed by atoms with Crippen LogP contribution in [0.25, 0.3) is 21.9 Å². The second-order valence-electron chi connectivity index (χ2n) is 5.50. The highest BCUT2D eigenvalue weighted by Gasteiger charge is 2.26. The summed E-state index contributed by atoms with van der Waals surface area (Å²) in [6, 6.07) is 10.8. The molecule has 0 spiro atoms. The molecule has 3 aromatic rings. The summed E-state index contributed by atoms with van der Waals surface area (Å²) in [5.41, 5.74) is 0.623. The first kappa shape index (κ1) is 13.5. The molecule has 6 heteroatoms. The number of aromatic amines is 1. The van der Waals surface area contributed by atoms with Crippen molar-refractivity contribution >= 4 is 10.8 Å². The molecule has 3 nitrogen and oxygen atoms in total. The van der Waals surface area contributed by atoms with Crippen molar-refractivity contribution in [3.63, 3.8) is 0 Å². The molecular formula is C19H16F3NO2. The lowest BCUT2D eigenvalue weighted by Crippen LogP contribution is -2.13. The van der Waals surface area contributed by atoms with Gasteiger partial charge in [-0.3, -0.25) is 4.79 Å². The van der Waals surface area contributed by atoms with Crippen LogP contribution in [0.5, 0.6) is 5.75 Å². The first-order valence-electron chi connectivity index (χ1n) is 9.01. The summed E-state index contributed by atoms with van der Waals surface area (Å²) in [7, 11) is 0. The van der Waals surface area contributed by atoms with E-state index in [-0.39, 0.29) is 16.7 Å². The first-order valence-corrected chi connectivity index (χ1v) is 7.51. The van der Waals surface area contributed by atoms with E-state index in [1.165, 1.54) is 24.4 Å². The van der Waals surface area contributed by atoms with Crippen LogP contribution in [0, 0.1) is 6.85 Å². The van der Waals surface area contributed by atoms with E-state index < -0.39 is 31.6 Å². The van der Waals surface area contributed by atoms with Gasteiger partial charge >= 0.3 is 6.18 Å². The van der Waals surface area contributed by atoms with E-state index in [0.29, 0.717) is 16.5 Å². The van der Waals surface area contributed by atoms with Crippen LogP contribution in [0.4, 0.5) is 13.2 Å². The largest absolute Gasteiger partial charge is 0.493 e. The third-order valence-corrected chi connectivity index (χ3v) is 3.74. The van der Waals surface area contributed by atoms with E-state index in [9.17, 15) is 18.0 Å². The molecule has 0 saturated heterocycles. The minimum atomic E-state index is -4.33. The Kier molecular flexibility index (Phi) is 3.58. The third-order valence-electron chi connectivity index (χ3n) is 3.74. The number of aromatic nitrogens is 1. The molecule has 1 N–H and O–H groups in total. The highest BCUT2D eigenvalue weighted by molar-refractivity contribution is 5.96. The molecule has 0 aliphatic carbocycles. The van der Waals surface area contributed by atoms with Gasteiger partial charge in [0, 0.05) is 15.9 Å². The van der Waals surface area contributed by atoms with Gasteiger partial charge in [-0.1, -0.05) is 24.3 Å². The van der Waals surface area contributed by atoms with Gasteiger partial charge < -0.3 is 9.72 Å². The fourth-order valence-corrected chi connectivity index (χ4v) is 2.55. The number of nitrogens with one attached hydrogen (secondary N) is 1. The van der Waals surface area contributed by atoms with Crippen LogP contribution >= 0.6 is 0 Å². The SMILES string of the molecule is [2H]C([2H])([2H])c1ccccc1-c1c[nH]c(=O)c2cc(OCCC(F)(F)F)ccc12. The van der Waals surface area contributed by atoms with Gasteiger partial charge in [0.05, 0.1) is 18.4 Å². The number of pyridine rings is 1. The molecule has 130 valence electrons. The van der Waals surface area contributed by atoms with E-state index >= 15 is 0 Å². The summed E-state index contributed by atoms with van der Waals surface area (Å²) in [4.78, 5) is 14.8.